The van der Waals surface area contributed by atoms with E-state index in [4.69, 9.17) is 0 Å². The zero-order valence-electron chi connectivity index (χ0n) is 15.1. The van der Waals surface area contributed by atoms with Gasteiger partial charge in [-0.15, -0.1) is 0 Å². The third-order valence-electron chi connectivity index (χ3n) is 6.03. The topological polar surface area (TPSA) is 76.6 Å². The monoisotopic (exact) mass is 356 g/mol. The van der Waals surface area contributed by atoms with Gasteiger partial charge in [0.15, 0.2) is 0 Å². The zero-order valence-corrected chi connectivity index (χ0v) is 15.1. The Kier molecular flexibility index (Phi) is 6.90. The third-order valence-corrected chi connectivity index (χ3v) is 6.03. The number of urea groups is 1. The fraction of sp³-hybridized carbons (Fsp3) is 0.944. The lowest BCUT2D eigenvalue weighted by Gasteiger charge is -2.34. The largest absolute Gasteiger partial charge is 0.394 e. The molecule has 0 aromatic rings. The molecule has 4 atom stereocenters. The van der Waals surface area contributed by atoms with Gasteiger partial charge in [0.1, 0.15) is 6.17 Å². The van der Waals surface area contributed by atoms with Crippen LogP contribution in [0.25, 0.3) is 0 Å². The number of halogens is 1. The predicted molar refractivity (Wildman–Crippen MR) is 95.0 cm³/mol. The minimum Gasteiger partial charge on any atom is -0.394 e. The fourth-order valence-corrected chi connectivity index (χ4v) is 4.59. The highest BCUT2D eigenvalue weighted by atomic mass is 19.1. The number of hydrogen-bond acceptors (Lipinski definition) is 4. The Bertz CT molecular complexity index is 433. The summed E-state index contributed by atoms with van der Waals surface area (Å²) < 4.78 is 14.1. The maximum absolute atomic E-state index is 14.1. The van der Waals surface area contributed by atoms with Crippen LogP contribution in [0.1, 0.15) is 51.4 Å². The van der Waals surface area contributed by atoms with Gasteiger partial charge in [-0.3, -0.25) is 10.2 Å². The number of piperidine rings is 1. The van der Waals surface area contributed by atoms with Crippen LogP contribution in [0.3, 0.4) is 0 Å². The highest BCUT2D eigenvalue weighted by Crippen LogP contribution is 2.26. The molecule has 3 fully saturated rings. The summed E-state index contributed by atoms with van der Waals surface area (Å²) in [5, 5.41) is 18.9. The molecule has 6 nitrogen and oxygen atoms in total. The summed E-state index contributed by atoms with van der Waals surface area (Å²) in [6.45, 7) is 2.33. The number of hydrogen-bond donors (Lipinski definition) is 4. The molecular formula is C18H33FN4O2. The lowest BCUT2D eigenvalue weighted by atomic mass is 9.84. The summed E-state index contributed by atoms with van der Waals surface area (Å²) in [6, 6.07) is -0.320. The number of carbonyl (C=O) groups is 1. The number of rotatable bonds is 5. The van der Waals surface area contributed by atoms with Crippen LogP contribution < -0.4 is 16.0 Å². The minimum atomic E-state index is -0.827. The molecule has 0 radical (unpaired) electrons. The predicted octanol–water partition coefficient (Wildman–Crippen LogP) is 1.35. The molecule has 1 aliphatic carbocycles. The summed E-state index contributed by atoms with van der Waals surface area (Å²) >= 11 is 0. The van der Waals surface area contributed by atoms with E-state index >= 15 is 0 Å². The molecule has 144 valence electrons. The van der Waals surface area contributed by atoms with Crippen molar-refractivity contribution < 1.29 is 14.3 Å². The number of nitrogens with zero attached hydrogens (tertiary/aromatic N) is 1. The molecule has 0 bridgehead atoms. The van der Waals surface area contributed by atoms with E-state index in [1.54, 1.807) is 0 Å². The van der Waals surface area contributed by atoms with Crippen molar-refractivity contribution in [2.24, 2.45) is 5.92 Å². The second kappa shape index (κ2) is 9.14. The number of alkyl halides is 1. The second-order valence-electron chi connectivity index (χ2n) is 7.84. The Morgan fingerprint density at radius 2 is 2.00 bits per heavy atom. The second-order valence-corrected chi connectivity index (χ2v) is 7.84. The van der Waals surface area contributed by atoms with Crippen molar-refractivity contribution in [3.05, 3.63) is 0 Å². The van der Waals surface area contributed by atoms with Gasteiger partial charge in [0.25, 0.3) is 0 Å². The molecular weight excluding hydrogens is 323 g/mol. The maximum Gasteiger partial charge on any atom is 0.315 e. The fourth-order valence-electron chi connectivity index (χ4n) is 4.59. The average molecular weight is 356 g/mol. The van der Waals surface area contributed by atoms with Crippen LogP contribution in [0, 0.1) is 5.92 Å². The zero-order chi connectivity index (χ0) is 17.6. The maximum atomic E-state index is 14.1. The van der Waals surface area contributed by atoms with E-state index in [9.17, 15) is 14.3 Å². The van der Waals surface area contributed by atoms with Crippen LogP contribution in [0.15, 0.2) is 0 Å². The average Bonchev–Trinajstić information content (AvgIpc) is 3.09. The number of nitrogens with one attached hydrogen (secondary N) is 3. The van der Waals surface area contributed by atoms with Gasteiger partial charge in [-0.1, -0.05) is 19.3 Å². The quantitative estimate of drug-likeness (QED) is 0.600. The molecule has 3 rings (SSSR count). The molecule has 4 N–H and O–H groups in total. The van der Waals surface area contributed by atoms with Crippen LogP contribution in [0.2, 0.25) is 0 Å². The Hall–Kier alpha value is -0.920. The highest BCUT2D eigenvalue weighted by Gasteiger charge is 2.35. The van der Waals surface area contributed by atoms with Crippen LogP contribution in [-0.4, -0.2) is 66.7 Å². The number of amides is 2. The summed E-state index contributed by atoms with van der Waals surface area (Å²) in [4.78, 5) is 14.4. The molecule has 0 spiro atoms. The third kappa shape index (κ3) is 5.05. The van der Waals surface area contributed by atoms with Gasteiger partial charge >= 0.3 is 6.03 Å². The summed E-state index contributed by atoms with van der Waals surface area (Å²) in [5.41, 5.74) is 0. The van der Waals surface area contributed by atoms with Crippen LogP contribution in [0.4, 0.5) is 9.18 Å². The summed E-state index contributed by atoms with van der Waals surface area (Å²) in [5.74, 6) is 0.378. The first-order valence-electron chi connectivity index (χ1n) is 9.96. The lowest BCUT2D eigenvalue weighted by molar-refractivity contribution is 0.0763. The SMILES string of the molecule is O=C(N[C@@H]1CCN(C2NCCCC2F)C1)N[C@H](CO)C1CCCCC1. The Labute approximate surface area is 149 Å². The van der Waals surface area contributed by atoms with Crippen molar-refractivity contribution in [3.8, 4) is 0 Å². The molecule has 0 aromatic heterocycles. The standard InChI is InChI=1S/C18H33FN4O2/c19-15-7-4-9-20-17(15)23-10-8-14(11-23)21-18(25)22-16(12-24)13-5-2-1-3-6-13/h13-17,20,24H,1-12H2,(H2,21,22,25)/t14-,15?,16-,17?/m1/s1. The Morgan fingerprint density at radius 3 is 2.72 bits per heavy atom. The lowest BCUT2D eigenvalue weighted by Crippen LogP contribution is -2.55. The van der Waals surface area contributed by atoms with Crippen molar-refractivity contribution in [3.63, 3.8) is 0 Å². The Balaban J connectivity index is 1.43. The van der Waals surface area contributed by atoms with E-state index in [2.05, 4.69) is 20.9 Å². The number of likely N-dealkylation sites (tertiary alicyclic amines) is 1. The molecule has 25 heavy (non-hydrogen) atoms. The highest BCUT2D eigenvalue weighted by molar-refractivity contribution is 5.74. The first-order chi connectivity index (χ1) is 12.2. The smallest absolute Gasteiger partial charge is 0.315 e. The molecule has 2 heterocycles. The van der Waals surface area contributed by atoms with E-state index in [1.165, 1.54) is 19.3 Å². The molecule has 7 heteroatoms. The number of carbonyl (C=O) groups excluding carboxylic acids is 1. The molecule has 2 amide bonds. The van der Waals surface area contributed by atoms with Crippen LogP contribution in [0.5, 0.6) is 0 Å². The van der Waals surface area contributed by atoms with Crippen LogP contribution in [-0.2, 0) is 0 Å². The van der Waals surface area contributed by atoms with Crippen molar-refractivity contribution in [1.29, 1.82) is 0 Å². The van der Waals surface area contributed by atoms with E-state index in [0.29, 0.717) is 18.9 Å². The van der Waals surface area contributed by atoms with E-state index in [-0.39, 0.29) is 30.9 Å². The first-order valence-corrected chi connectivity index (χ1v) is 9.96. The molecule has 2 unspecified atom stereocenters. The van der Waals surface area contributed by atoms with Gasteiger partial charge in [-0.05, 0) is 44.6 Å². The molecule has 3 aliphatic rings. The van der Waals surface area contributed by atoms with Crippen molar-refractivity contribution in [1.82, 2.24) is 20.9 Å². The van der Waals surface area contributed by atoms with Crippen molar-refractivity contribution in [2.45, 2.75) is 75.8 Å². The van der Waals surface area contributed by atoms with E-state index < -0.39 is 6.17 Å². The molecule has 0 aromatic carbocycles. The van der Waals surface area contributed by atoms with Gasteiger partial charge in [0.05, 0.1) is 18.8 Å². The van der Waals surface area contributed by atoms with Crippen molar-refractivity contribution in [2.75, 3.05) is 26.2 Å². The molecule has 1 saturated carbocycles. The number of aliphatic hydroxyl groups is 1. The number of aliphatic hydroxyl groups excluding tert-OH is 1. The van der Waals surface area contributed by atoms with Gasteiger partial charge in [-0.25, -0.2) is 9.18 Å². The normalized spacial score (nSPS) is 33.1. The van der Waals surface area contributed by atoms with Gasteiger partial charge < -0.3 is 15.7 Å². The minimum absolute atomic E-state index is 0.00952. The first kappa shape index (κ1) is 18.9. The Morgan fingerprint density at radius 1 is 1.20 bits per heavy atom. The summed E-state index contributed by atoms with van der Waals surface area (Å²) in [7, 11) is 0. The van der Waals surface area contributed by atoms with Gasteiger partial charge in [0, 0.05) is 19.1 Å². The summed E-state index contributed by atoms with van der Waals surface area (Å²) in [6.07, 6.45) is 7.08. The molecule has 2 saturated heterocycles. The van der Waals surface area contributed by atoms with Crippen molar-refractivity contribution >= 4 is 6.03 Å². The molecule has 2 aliphatic heterocycles. The van der Waals surface area contributed by atoms with Gasteiger partial charge in [0.2, 0.25) is 0 Å². The van der Waals surface area contributed by atoms with E-state index in [1.807, 2.05) is 0 Å². The van der Waals surface area contributed by atoms with E-state index in [0.717, 1.165) is 38.8 Å². The van der Waals surface area contributed by atoms with Gasteiger partial charge in [-0.2, -0.15) is 0 Å². The van der Waals surface area contributed by atoms with Crippen LogP contribution >= 0.6 is 0 Å².